The maximum atomic E-state index is 6.45. The number of allylic oxidation sites excluding steroid dienone is 1. The molecule has 0 aromatic heterocycles. The van der Waals surface area contributed by atoms with Crippen LogP contribution in [0.25, 0.3) is 5.57 Å². The van der Waals surface area contributed by atoms with Gasteiger partial charge in [-0.3, -0.25) is 5.43 Å². The molecule has 0 unspecified atom stereocenters. The summed E-state index contributed by atoms with van der Waals surface area (Å²) in [7, 11) is 0. The standard InChI is InChI=1S/C17H23ClN4S/c1-5-6-22-15-8-14(18)12(10-20-21-16(19)23)7-13(15)11(2)9-17(22,3)4/h7-10H,5-6H2,1-4H3,(H3,19,21,23)/b20-10-. The number of anilines is 1. The van der Waals surface area contributed by atoms with Crippen molar-refractivity contribution in [1.29, 1.82) is 0 Å². The molecule has 0 spiro atoms. The van der Waals surface area contributed by atoms with Gasteiger partial charge in [-0.05, 0) is 57.1 Å². The minimum Gasteiger partial charge on any atom is -0.375 e. The summed E-state index contributed by atoms with van der Waals surface area (Å²) < 4.78 is 0. The van der Waals surface area contributed by atoms with Gasteiger partial charge in [0.15, 0.2) is 5.11 Å². The fourth-order valence-electron chi connectivity index (χ4n) is 3.01. The Bertz CT molecular complexity index is 679. The maximum absolute atomic E-state index is 6.45. The monoisotopic (exact) mass is 350 g/mol. The molecule has 4 nitrogen and oxygen atoms in total. The summed E-state index contributed by atoms with van der Waals surface area (Å²) in [6.45, 7) is 9.75. The van der Waals surface area contributed by atoms with Gasteiger partial charge in [0, 0.05) is 23.4 Å². The summed E-state index contributed by atoms with van der Waals surface area (Å²) in [4.78, 5) is 2.40. The summed E-state index contributed by atoms with van der Waals surface area (Å²) in [5.74, 6) is 0. The Morgan fingerprint density at radius 1 is 1.48 bits per heavy atom. The molecule has 0 amide bonds. The molecule has 1 aromatic carbocycles. The minimum absolute atomic E-state index is 0.0285. The van der Waals surface area contributed by atoms with Gasteiger partial charge in [0.05, 0.1) is 16.8 Å². The molecule has 124 valence electrons. The summed E-state index contributed by atoms with van der Waals surface area (Å²) in [5, 5.41) is 4.78. The number of rotatable bonds is 4. The van der Waals surface area contributed by atoms with Gasteiger partial charge >= 0.3 is 0 Å². The predicted molar refractivity (Wildman–Crippen MR) is 104 cm³/mol. The van der Waals surface area contributed by atoms with Crippen molar-refractivity contribution in [2.75, 3.05) is 11.4 Å². The van der Waals surface area contributed by atoms with Crippen LogP contribution in [-0.4, -0.2) is 23.4 Å². The second kappa shape index (κ2) is 6.89. The van der Waals surface area contributed by atoms with Crippen LogP contribution in [-0.2, 0) is 0 Å². The van der Waals surface area contributed by atoms with E-state index < -0.39 is 0 Å². The normalized spacial score (nSPS) is 16.2. The number of halogens is 1. The zero-order valence-corrected chi connectivity index (χ0v) is 15.6. The van der Waals surface area contributed by atoms with Crippen LogP contribution in [0.3, 0.4) is 0 Å². The van der Waals surface area contributed by atoms with Crippen LogP contribution in [0.15, 0.2) is 23.3 Å². The lowest BCUT2D eigenvalue weighted by Crippen LogP contribution is -2.45. The van der Waals surface area contributed by atoms with Gasteiger partial charge in [0.25, 0.3) is 0 Å². The molecule has 1 aliphatic rings. The molecule has 0 saturated carbocycles. The third-order valence-electron chi connectivity index (χ3n) is 3.92. The second-order valence-corrected chi connectivity index (χ2v) is 7.10. The van der Waals surface area contributed by atoms with Crippen LogP contribution >= 0.6 is 23.8 Å². The number of nitrogens with one attached hydrogen (secondary N) is 1. The molecular weight excluding hydrogens is 328 g/mol. The third kappa shape index (κ3) is 3.85. The average molecular weight is 351 g/mol. The number of hydrogen-bond donors (Lipinski definition) is 2. The van der Waals surface area contributed by atoms with E-state index in [2.05, 4.69) is 55.3 Å². The van der Waals surface area contributed by atoms with Crippen LogP contribution in [0.5, 0.6) is 0 Å². The van der Waals surface area contributed by atoms with E-state index in [0.29, 0.717) is 5.02 Å². The van der Waals surface area contributed by atoms with E-state index in [-0.39, 0.29) is 10.7 Å². The van der Waals surface area contributed by atoms with Gasteiger partial charge in [0.2, 0.25) is 0 Å². The number of thiocarbonyl (C=S) groups is 1. The van der Waals surface area contributed by atoms with Gasteiger partial charge in [-0.15, -0.1) is 0 Å². The van der Waals surface area contributed by atoms with Crippen molar-refractivity contribution < 1.29 is 0 Å². The second-order valence-electron chi connectivity index (χ2n) is 6.26. The topological polar surface area (TPSA) is 53.6 Å². The van der Waals surface area contributed by atoms with Crippen LogP contribution in [0, 0.1) is 0 Å². The molecule has 0 saturated heterocycles. The van der Waals surface area contributed by atoms with E-state index >= 15 is 0 Å². The highest BCUT2D eigenvalue weighted by Crippen LogP contribution is 2.41. The van der Waals surface area contributed by atoms with Gasteiger partial charge in [-0.2, -0.15) is 5.10 Å². The molecule has 0 atom stereocenters. The largest absolute Gasteiger partial charge is 0.375 e. The molecular formula is C17H23ClN4S. The van der Waals surface area contributed by atoms with E-state index in [0.717, 1.165) is 18.5 Å². The average Bonchev–Trinajstić information content (AvgIpc) is 2.43. The van der Waals surface area contributed by atoms with Gasteiger partial charge < -0.3 is 10.6 Å². The molecule has 1 aromatic rings. The number of benzene rings is 1. The molecule has 0 aliphatic carbocycles. The van der Waals surface area contributed by atoms with E-state index in [4.69, 9.17) is 29.6 Å². The van der Waals surface area contributed by atoms with Crippen LogP contribution in [0.2, 0.25) is 5.02 Å². The molecule has 1 aliphatic heterocycles. The number of fused-ring (bicyclic) bond motifs is 1. The highest BCUT2D eigenvalue weighted by Gasteiger charge is 2.31. The van der Waals surface area contributed by atoms with Crippen LogP contribution in [0.4, 0.5) is 5.69 Å². The molecule has 6 heteroatoms. The highest BCUT2D eigenvalue weighted by molar-refractivity contribution is 7.80. The van der Waals surface area contributed by atoms with Crippen molar-refractivity contribution in [2.24, 2.45) is 10.8 Å². The number of hydrazone groups is 1. The molecule has 0 bridgehead atoms. The minimum atomic E-state index is -0.0285. The van der Waals surface area contributed by atoms with Gasteiger partial charge in [0.1, 0.15) is 0 Å². The Kier molecular flexibility index (Phi) is 5.32. The highest BCUT2D eigenvalue weighted by atomic mass is 35.5. The molecule has 1 heterocycles. The Hall–Kier alpha value is -1.59. The molecule has 2 rings (SSSR count). The van der Waals surface area contributed by atoms with Crippen LogP contribution in [0.1, 0.15) is 45.2 Å². The summed E-state index contributed by atoms with van der Waals surface area (Å²) in [6, 6.07) is 4.08. The number of nitrogens with zero attached hydrogens (tertiary/aromatic N) is 2. The Labute approximate surface area is 148 Å². The summed E-state index contributed by atoms with van der Waals surface area (Å²) >= 11 is 11.2. The quantitative estimate of drug-likeness (QED) is 0.491. The first-order valence-corrected chi connectivity index (χ1v) is 8.44. The van der Waals surface area contributed by atoms with Crippen molar-refractivity contribution in [2.45, 2.75) is 39.7 Å². The fourth-order valence-corrected chi connectivity index (χ4v) is 3.27. The predicted octanol–water partition coefficient (Wildman–Crippen LogP) is 3.92. The molecule has 23 heavy (non-hydrogen) atoms. The van der Waals surface area contributed by atoms with Crippen molar-refractivity contribution in [1.82, 2.24) is 5.43 Å². The molecule has 0 fully saturated rings. The van der Waals surface area contributed by atoms with E-state index in [1.807, 2.05) is 6.07 Å². The van der Waals surface area contributed by atoms with E-state index in [1.54, 1.807) is 6.21 Å². The molecule has 0 radical (unpaired) electrons. The Morgan fingerprint density at radius 2 is 2.17 bits per heavy atom. The smallest absolute Gasteiger partial charge is 0.184 e. The van der Waals surface area contributed by atoms with Crippen molar-refractivity contribution in [3.63, 3.8) is 0 Å². The SMILES string of the molecule is CCCN1c2cc(Cl)c(/C=N\NC(N)=S)cc2C(C)=CC1(C)C. The fraction of sp³-hybridized carbons (Fsp3) is 0.412. The lowest BCUT2D eigenvalue weighted by Gasteiger charge is -2.43. The first-order chi connectivity index (χ1) is 10.8. The van der Waals surface area contributed by atoms with Crippen molar-refractivity contribution >= 4 is 46.4 Å². The lowest BCUT2D eigenvalue weighted by molar-refractivity contribution is 0.550. The Balaban J connectivity index is 2.48. The van der Waals surface area contributed by atoms with Crippen LogP contribution < -0.4 is 16.1 Å². The molecule has 3 N–H and O–H groups in total. The third-order valence-corrected chi connectivity index (χ3v) is 4.34. The first-order valence-electron chi connectivity index (χ1n) is 7.65. The number of nitrogens with two attached hydrogens (primary N) is 1. The van der Waals surface area contributed by atoms with Gasteiger partial charge in [-0.1, -0.05) is 24.6 Å². The van der Waals surface area contributed by atoms with Crippen molar-refractivity contribution in [3.8, 4) is 0 Å². The lowest BCUT2D eigenvalue weighted by atomic mass is 9.88. The summed E-state index contributed by atoms with van der Waals surface area (Å²) in [5.41, 5.74) is 12.3. The zero-order chi connectivity index (χ0) is 17.2. The Morgan fingerprint density at radius 3 is 2.78 bits per heavy atom. The first kappa shape index (κ1) is 17.8. The zero-order valence-electron chi connectivity index (χ0n) is 14.0. The summed E-state index contributed by atoms with van der Waals surface area (Å²) in [6.07, 6.45) is 5.01. The van der Waals surface area contributed by atoms with E-state index in [1.165, 1.54) is 16.8 Å². The number of hydrogen-bond acceptors (Lipinski definition) is 3. The van der Waals surface area contributed by atoms with E-state index in [9.17, 15) is 0 Å². The maximum Gasteiger partial charge on any atom is 0.184 e. The van der Waals surface area contributed by atoms with Gasteiger partial charge in [-0.25, -0.2) is 0 Å². The van der Waals surface area contributed by atoms with Crippen molar-refractivity contribution in [3.05, 3.63) is 34.4 Å².